The first-order valence-corrected chi connectivity index (χ1v) is 4.43. The second kappa shape index (κ2) is 3.91. The Kier molecular flexibility index (Phi) is 2.45. The van der Waals surface area contributed by atoms with E-state index >= 15 is 0 Å². The third-order valence-corrected chi connectivity index (χ3v) is 1.85. The van der Waals surface area contributed by atoms with E-state index in [2.05, 4.69) is 15.0 Å². The average Bonchev–Trinajstić information content (AvgIpc) is 2.17. The van der Waals surface area contributed by atoms with E-state index in [9.17, 15) is 4.79 Å². The van der Waals surface area contributed by atoms with Gasteiger partial charge in [0.25, 0.3) is 5.56 Å². The first-order valence-electron chi connectivity index (χ1n) is 4.43. The largest absolute Gasteiger partial charge is 0.493 e. The summed E-state index contributed by atoms with van der Waals surface area (Å²) in [6, 6.07) is 6.51. The van der Waals surface area contributed by atoms with Gasteiger partial charge in [-0.05, 0) is 12.1 Å². The number of rotatable bonds is 2. The summed E-state index contributed by atoms with van der Waals surface area (Å²) in [5.41, 5.74) is 0.416. The monoisotopic (exact) mass is 203 g/mol. The minimum Gasteiger partial charge on any atom is -0.493 e. The zero-order valence-electron chi connectivity index (χ0n) is 7.84. The number of aromatic amines is 1. The van der Waals surface area contributed by atoms with Crippen molar-refractivity contribution in [1.29, 1.82) is 0 Å². The van der Waals surface area contributed by atoms with Crippen LogP contribution in [-0.4, -0.2) is 20.1 Å². The van der Waals surface area contributed by atoms with Gasteiger partial charge in [-0.2, -0.15) is 4.98 Å². The molecule has 0 saturated heterocycles. The molecule has 0 bridgehead atoms. The molecule has 5 heteroatoms. The van der Waals surface area contributed by atoms with Crippen LogP contribution in [0, 0.1) is 0 Å². The van der Waals surface area contributed by atoms with Gasteiger partial charge in [0, 0.05) is 18.3 Å². The van der Waals surface area contributed by atoms with Crippen molar-refractivity contribution in [2.24, 2.45) is 0 Å². The summed E-state index contributed by atoms with van der Waals surface area (Å²) in [5.74, 6) is 0.128. The highest BCUT2D eigenvalue weighted by Crippen LogP contribution is 2.03. The van der Waals surface area contributed by atoms with Crippen LogP contribution in [-0.2, 0) is 6.42 Å². The molecule has 2 heterocycles. The number of aromatic hydroxyl groups is 1. The summed E-state index contributed by atoms with van der Waals surface area (Å²) in [6.07, 6.45) is 2.06. The van der Waals surface area contributed by atoms with E-state index in [1.54, 1.807) is 6.20 Å². The molecule has 0 fully saturated rings. The Morgan fingerprint density at radius 3 is 2.93 bits per heavy atom. The number of nitrogens with one attached hydrogen (secondary N) is 1. The van der Waals surface area contributed by atoms with Crippen molar-refractivity contribution in [3.8, 4) is 5.88 Å². The highest BCUT2D eigenvalue weighted by Gasteiger charge is 2.01. The van der Waals surface area contributed by atoms with Crippen LogP contribution in [0.2, 0.25) is 0 Å². The molecule has 15 heavy (non-hydrogen) atoms. The van der Waals surface area contributed by atoms with E-state index in [4.69, 9.17) is 5.11 Å². The Hall–Kier alpha value is -2.17. The minimum absolute atomic E-state index is 0.273. The van der Waals surface area contributed by atoms with E-state index in [0.29, 0.717) is 12.2 Å². The lowest BCUT2D eigenvalue weighted by Crippen LogP contribution is -2.10. The van der Waals surface area contributed by atoms with Gasteiger partial charge in [0.15, 0.2) is 0 Å². The van der Waals surface area contributed by atoms with Gasteiger partial charge < -0.3 is 10.1 Å². The maximum atomic E-state index is 11.0. The van der Waals surface area contributed by atoms with Crippen molar-refractivity contribution < 1.29 is 5.11 Å². The molecule has 0 amide bonds. The third kappa shape index (κ3) is 2.40. The molecule has 2 rings (SSSR count). The van der Waals surface area contributed by atoms with Crippen molar-refractivity contribution >= 4 is 0 Å². The molecule has 0 unspecified atom stereocenters. The summed E-state index contributed by atoms with van der Waals surface area (Å²) < 4.78 is 0. The Labute approximate surface area is 85.5 Å². The van der Waals surface area contributed by atoms with Crippen molar-refractivity contribution in [2.75, 3.05) is 0 Å². The number of nitrogens with zero attached hydrogens (tertiary/aromatic N) is 2. The summed E-state index contributed by atoms with van der Waals surface area (Å²) in [5, 5.41) is 9.12. The first kappa shape index (κ1) is 9.39. The highest BCUT2D eigenvalue weighted by atomic mass is 16.3. The Bertz CT molecular complexity index is 508. The average molecular weight is 203 g/mol. The van der Waals surface area contributed by atoms with Gasteiger partial charge in [0.05, 0.1) is 6.07 Å². The van der Waals surface area contributed by atoms with E-state index in [1.807, 2.05) is 18.2 Å². The molecule has 0 atom stereocenters. The Morgan fingerprint density at radius 2 is 2.27 bits per heavy atom. The zero-order chi connectivity index (χ0) is 10.7. The topological polar surface area (TPSA) is 78.9 Å². The first-order chi connectivity index (χ1) is 7.24. The molecule has 2 aromatic rings. The van der Waals surface area contributed by atoms with Crippen LogP contribution < -0.4 is 5.56 Å². The molecule has 0 saturated carbocycles. The standard InChI is InChI=1S/C10H9N3O2/c14-9-6-10(15)13-8(12-9)5-7-3-1-2-4-11-7/h1-4,6H,5H2,(H2,12,13,14,15). The van der Waals surface area contributed by atoms with Crippen molar-refractivity contribution in [1.82, 2.24) is 15.0 Å². The van der Waals surface area contributed by atoms with E-state index in [1.165, 1.54) is 0 Å². The van der Waals surface area contributed by atoms with Gasteiger partial charge in [-0.3, -0.25) is 9.78 Å². The lowest BCUT2D eigenvalue weighted by atomic mass is 10.2. The molecule has 2 N–H and O–H groups in total. The normalized spacial score (nSPS) is 10.1. The predicted molar refractivity (Wildman–Crippen MR) is 53.6 cm³/mol. The third-order valence-electron chi connectivity index (χ3n) is 1.85. The van der Waals surface area contributed by atoms with E-state index in [0.717, 1.165) is 11.8 Å². The van der Waals surface area contributed by atoms with Crippen molar-refractivity contribution in [3.63, 3.8) is 0 Å². The smallest absolute Gasteiger partial charge is 0.254 e. The lowest BCUT2D eigenvalue weighted by Gasteiger charge is -1.99. The molecule has 0 aliphatic carbocycles. The van der Waals surface area contributed by atoms with Crippen LogP contribution in [0.25, 0.3) is 0 Å². The van der Waals surface area contributed by atoms with E-state index in [-0.39, 0.29) is 11.4 Å². The van der Waals surface area contributed by atoms with Crippen LogP contribution in [0.5, 0.6) is 5.88 Å². The fourth-order valence-electron chi connectivity index (χ4n) is 1.25. The molecule has 0 aliphatic heterocycles. The van der Waals surface area contributed by atoms with Crippen molar-refractivity contribution in [3.05, 3.63) is 52.3 Å². The second-order valence-electron chi connectivity index (χ2n) is 3.05. The Balaban J connectivity index is 2.29. The molecule has 0 radical (unpaired) electrons. The van der Waals surface area contributed by atoms with Gasteiger partial charge >= 0.3 is 0 Å². The fraction of sp³-hybridized carbons (Fsp3) is 0.100. The second-order valence-corrected chi connectivity index (χ2v) is 3.05. The van der Waals surface area contributed by atoms with Gasteiger partial charge in [0.2, 0.25) is 5.88 Å². The van der Waals surface area contributed by atoms with Gasteiger partial charge in [-0.25, -0.2) is 0 Å². The molecule has 2 aromatic heterocycles. The quantitative estimate of drug-likeness (QED) is 0.743. The summed E-state index contributed by atoms with van der Waals surface area (Å²) >= 11 is 0. The molecule has 0 aromatic carbocycles. The number of hydrogen-bond acceptors (Lipinski definition) is 4. The van der Waals surface area contributed by atoms with Crippen LogP contribution in [0.4, 0.5) is 0 Å². The summed E-state index contributed by atoms with van der Waals surface area (Å²) in [7, 11) is 0. The van der Waals surface area contributed by atoms with Crippen LogP contribution in [0.1, 0.15) is 11.5 Å². The van der Waals surface area contributed by atoms with Gasteiger partial charge in [0.1, 0.15) is 5.82 Å². The van der Waals surface area contributed by atoms with Crippen LogP contribution in [0.3, 0.4) is 0 Å². The van der Waals surface area contributed by atoms with Crippen LogP contribution >= 0.6 is 0 Å². The van der Waals surface area contributed by atoms with Gasteiger partial charge in [-0.1, -0.05) is 6.07 Å². The Morgan fingerprint density at radius 1 is 1.40 bits per heavy atom. The number of hydrogen-bond donors (Lipinski definition) is 2. The molecular weight excluding hydrogens is 194 g/mol. The SMILES string of the molecule is O=c1cc(O)nc(Cc2ccccn2)[nH]1. The number of pyridine rings is 1. The van der Waals surface area contributed by atoms with Crippen molar-refractivity contribution in [2.45, 2.75) is 6.42 Å². The maximum Gasteiger partial charge on any atom is 0.254 e. The summed E-state index contributed by atoms with van der Waals surface area (Å²) in [4.78, 5) is 21.4. The van der Waals surface area contributed by atoms with Gasteiger partial charge in [-0.15, -0.1) is 0 Å². The molecule has 5 nitrogen and oxygen atoms in total. The fourth-order valence-corrected chi connectivity index (χ4v) is 1.25. The lowest BCUT2D eigenvalue weighted by molar-refractivity contribution is 0.448. The molecular formula is C10H9N3O2. The molecule has 76 valence electrons. The number of H-pyrrole nitrogens is 1. The zero-order valence-corrected chi connectivity index (χ0v) is 7.84. The van der Waals surface area contributed by atoms with Crippen LogP contribution in [0.15, 0.2) is 35.3 Å². The molecule has 0 aliphatic rings. The minimum atomic E-state index is -0.367. The highest BCUT2D eigenvalue weighted by molar-refractivity contribution is 5.13. The molecule has 0 spiro atoms. The maximum absolute atomic E-state index is 11.0. The summed E-state index contributed by atoms with van der Waals surface area (Å²) in [6.45, 7) is 0. The van der Waals surface area contributed by atoms with E-state index < -0.39 is 0 Å². The predicted octanol–water partition coefficient (Wildman–Crippen LogP) is 0.461. The number of aromatic nitrogens is 3.